The van der Waals surface area contributed by atoms with Gasteiger partial charge < -0.3 is 5.32 Å². The summed E-state index contributed by atoms with van der Waals surface area (Å²) in [7, 11) is -3.33. The van der Waals surface area contributed by atoms with E-state index in [-0.39, 0.29) is 5.75 Å². The Morgan fingerprint density at radius 1 is 1.04 bits per heavy atom. The van der Waals surface area contributed by atoms with Crippen LogP contribution in [-0.4, -0.2) is 24.1 Å². The number of rotatable bonds is 6. The Labute approximate surface area is 141 Å². The van der Waals surface area contributed by atoms with Crippen molar-refractivity contribution in [3.05, 3.63) is 54.9 Å². The van der Waals surface area contributed by atoms with E-state index in [1.54, 1.807) is 24.5 Å². The zero-order chi connectivity index (χ0) is 17.0. The Morgan fingerprint density at radius 2 is 1.88 bits per heavy atom. The fourth-order valence-corrected chi connectivity index (χ4v) is 3.45. The van der Waals surface area contributed by atoms with Crippen LogP contribution in [-0.2, 0) is 10.0 Å². The van der Waals surface area contributed by atoms with Crippen LogP contribution in [0.15, 0.2) is 54.9 Å². The lowest BCUT2D eigenvalue weighted by Gasteiger charge is -2.10. The number of fused-ring (bicyclic) bond motifs is 1. The Balaban J connectivity index is 1.79. The van der Waals surface area contributed by atoms with E-state index in [2.05, 4.69) is 20.0 Å². The second kappa shape index (κ2) is 6.84. The van der Waals surface area contributed by atoms with E-state index in [1.807, 2.05) is 37.3 Å². The van der Waals surface area contributed by atoms with Crippen LogP contribution in [0.1, 0.15) is 13.3 Å². The third-order valence-electron chi connectivity index (χ3n) is 3.41. The molecule has 3 rings (SSSR count). The minimum Gasteiger partial charge on any atom is -0.352 e. The molecule has 2 aromatic heterocycles. The number of sulfonamides is 1. The first-order valence-electron chi connectivity index (χ1n) is 7.65. The molecule has 0 aliphatic heterocycles. The number of aromatic nitrogens is 2. The van der Waals surface area contributed by atoms with Crippen LogP contribution in [0.4, 0.5) is 17.2 Å². The van der Waals surface area contributed by atoms with E-state index >= 15 is 0 Å². The van der Waals surface area contributed by atoms with Gasteiger partial charge in [-0.05, 0) is 30.7 Å². The van der Waals surface area contributed by atoms with Crippen LogP contribution in [0.25, 0.3) is 10.9 Å². The van der Waals surface area contributed by atoms with Gasteiger partial charge in [-0.1, -0.05) is 25.1 Å². The Bertz CT molecular complexity index is 935. The molecule has 0 aliphatic rings. The van der Waals surface area contributed by atoms with Crippen molar-refractivity contribution in [1.82, 2.24) is 9.97 Å². The summed E-state index contributed by atoms with van der Waals surface area (Å²) in [4.78, 5) is 8.54. The highest BCUT2D eigenvalue weighted by Crippen LogP contribution is 2.24. The van der Waals surface area contributed by atoms with Crippen LogP contribution in [0, 0.1) is 0 Å². The molecule has 0 saturated carbocycles. The van der Waals surface area contributed by atoms with Crippen molar-refractivity contribution in [3.8, 4) is 0 Å². The number of hydrogen-bond donors (Lipinski definition) is 2. The Morgan fingerprint density at radius 3 is 2.62 bits per heavy atom. The van der Waals surface area contributed by atoms with Crippen molar-refractivity contribution in [3.63, 3.8) is 0 Å². The van der Waals surface area contributed by atoms with E-state index < -0.39 is 10.0 Å². The van der Waals surface area contributed by atoms with Gasteiger partial charge in [-0.3, -0.25) is 9.71 Å². The van der Waals surface area contributed by atoms with Gasteiger partial charge in [-0.2, -0.15) is 0 Å². The second-order valence-electron chi connectivity index (χ2n) is 5.36. The minimum absolute atomic E-state index is 0.0797. The van der Waals surface area contributed by atoms with Crippen LogP contribution < -0.4 is 10.0 Å². The molecule has 0 spiro atoms. The lowest BCUT2D eigenvalue weighted by Crippen LogP contribution is -2.16. The van der Waals surface area contributed by atoms with Crippen molar-refractivity contribution >= 4 is 38.1 Å². The van der Waals surface area contributed by atoms with Crippen molar-refractivity contribution in [2.24, 2.45) is 0 Å². The van der Waals surface area contributed by atoms with E-state index in [4.69, 9.17) is 0 Å². The number of nitrogens with zero attached hydrogens (tertiary/aromatic N) is 2. The first kappa shape index (κ1) is 16.2. The van der Waals surface area contributed by atoms with Gasteiger partial charge >= 0.3 is 0 Å². The van der Waals surface area contributed by atoms with Crippen LogP contribution in [0.2, 0.25) is 0 Å². The first-order chi connectivity index (χ1) is 11.6. The van der Waals surface area contributed by atoms with Crippen LogP contribution in [0.3, 0.4) is 0 Å². The van der Waals surface area contributed by atoms with Crippen LogP contribution >= 0.6 is 0 Å². The molecule has 0 bridgehead atoms. The third kappa shape index (κ3) is 3.80. The van der Waals surface area contributed by atoms with E-state index in [9.17, 15) is 8.42 Å². The van der Waals surface area contributed by atoms with E-state index in [0.29, 0.717) is 12.2 Å². The Hall–Kier alpha value is -2.67. The zero-order valence-electron chi connectivity index (χ0n) is 13.2. The van der Waals surface area contributed by atoms with Gasteiger partial charge in [-0.25, -0.2) is 13.4 Å². The highest BCUT2D eigenvalue weighted by atomic mass is 32.2. The Kier molecular flexibility index (Phi) is 4.61. The van der Waals surface area contributed by atoms with Gasteiger partial charge in [0.25, 0.3) is 0 Å². The fourth-order valence-electron chi connectivity index (χ4n) is 2.37. The summed E-state index contributed by atoms with van der Waals surface area (Å²) in [5, 5.41) is 4.30. The first-order valence-corrected chi connectivity index (χ1v) is 9.30. The smallest absolute Gasteiger partial charge is 0.233 e. The molecular formula is C17H18N4O2S. The zero-order valence-corrected chi connectivity index (χ0v) is 14.0. The maximum Gasteiger partial charge on any atom is 0.233 e. The SMILES string of the molecule is CCCS(=O)(=O)Nc1ccc(Nc2cccc3cccnc23)cn1. The summed E-state index contributed by atoms with van der Waals surface area (Å²) in [5.74, 6) is 0.390. The van der Waals surface area contributed by atoms with Crippen LogP contribution in [0.5, 0.6) is 0 Å². The monoisotopic (exact) mass is 342 g/mol. The number of para-hydroxylation sites is 1. The molecule has 0 radical (unpaired) electrons. The number of benzene rings is 1. The predicted molar refractivity (Wildman–Crippen MR) is 97.0 cm³/mol. The molecule has 0 unspecified atom stereocenters. The molecule has 2 N–H and O–H groups in total. The molecular weight excluding hydrogens is 324 g/mol. The molecule has 0 fully saturated rings. The van der Waals surface area contributed by atoms with Crippen molar-refractivity contribution in [2.45, 2.75) is 13.3 Å². The summed E-state index contributed by atoms with van der Waals surface area (Å²) in [6.07, 6.45) is 3.89. The normalized spacial score (nSPS) is 11.4. The van der Waals surface area contributed by atoms with E-state index in [1.165, 1.54) is 0 Å². The number of anilines is 3. The van der Waals surface area contributed by atoms with Gasteiger partial charge in [0.15, 0.2) is 0 Å². The molecule has 6 nitrogen and oxygen atoms in total. The fraction of sp³-hybridized carbons (Fsp3) is 0.176. The number of nitrogens with one attached hydrogen (secondary N) is 2. The van der Waals surface area contributed by atoms with Crippen molar-refractivity contribution in [2.75, 3.05) is 15.8 Å². The molecule has 24 heavy (non-hydrogen) atoms. The quantitative estimate of drug-likeness (QED) is 0.716. The van der Waals surface area contributed by atoms with E-state index in [0.717, 1.165) is 22.3 Å². The van der Waals surface area contributed by atoms with Crippen molar-refractivity contribution in [1.29, 1.82) is 0 Å². The third-order valence-corrected chi connectivity index (χ3v) is 4.87. The largest absolute Gasteiger partial charge is 0.352 e. The summed E-state index contributed by atoms with van der Waals surface area (Å²) in [6.45, 7) is 1.82. The lowest BCUT2D eigenvalue weighted by molar-refractivity contribution is 0.599. The predicted octanol–water partition coefficient (Wildman–Crippen LogP) is 3.53. The maximum absolute atomic E-state index is 11.7. The van der Waals surface area contributed by atoms with Gasteiger partial charge in [0.05, 0.1) is 28.8 Å². The van der Waals surface area contributed by atoms with Crippen molar-refractivity contribution < 1.29 is 8.42 Å². The average molecular weight is 342 g/mol. The standard InChI is InChI=1S/C17H18N4O2S/c1-2-11-24(22,23)21-16-9-8-14(12-19-16)20-15-7-3-5-13-6-4-10-18-17(13)15/h3-10,12,20H,2,11H2,1H3,(H,19,21). The molecule has 124 valence electrons. The lowest BCUT2D eigenvalue weighted by atomic mass is 10.2. The van der Waals surface area contributed by atoms with Gasteiger partial charge in [0.1, 0.15) is 5.82 Å². The maximum atomic E-state index is 11.7. The molecule has 0 amide bonds. The number of hydrogen-bond acceptors (Lipinski definition) is 5. The minimum atomic E-state index is -3.33. The molecule has 2 heterocycles. The summed E-state index contributed by atoms with van der Waals surface area (Å²) in [6, 6.07) is 13.2. The molecule has 1 aromatic carbocycles. The molecule has 0 aliphatic carbocycles. The molecule has 3 aromatic rings. The van der Waals surface area contributed by atoms with Gasteiger partial charge in [0.2, 0.25) is 10.0 Å². The van der Waals surface area contributed by atoms with Gasteiger partial charge in [-0.15, -0.1) is 0 Å². The molecule has 0 saturated heterocycles. The second-order valence-corrected chi connectivity index (χ2v) is 7.20. The highest BCUT2D eigenvalue weighted by molar-refractivity contribution is 7.92. The summed E-state index contributed by atoms with van der Waals surface area (Å²) < 4.78 is 26.0. The number of pyridine rings is 2. The molecule has 0 atom stereocenters. The topological polar surface area (TPSA) is 84.0 Å². The van der Waals surface area contributed by atoms with Gasteiger partial charge in [0, 0.05) is 11.6 Å². The average Bonchev–Trinajstić information content (AvgIpc) is 2.57. The highest BCUT2D eigenvalue weighted by Gasteiger charge is 2.09. The summed E-state index contributed by atoms with van der Waals surface area (Å²) in [5.41, 5.74) is 2.49. The summed E-state index contributed by atoms with van der Waals surface area (Å²) >= 11 is 0. The molecule has 7 heteroatoms.